The summed E-state index contributed by atoms with van der Waals surface area (Å²) in [6, 6.07) is 12.3. The maximum atomic E-state index is 9.47. The van der Waals surface area contributed by atoms with Gasteiger partial charge in [-0.05, 0) is 48.0 Å². The van der Waals surface area contributed by atoms with E-state index in [1.54, 1.807) is 36.5 Å². The number of aromatic hydroxyl groups is 1. The molecule has 2 aromatic carbocycles. The normalized spacial score (nSPS) is 10.8. The zero-order valence-electron chi connectivity index (χ0n) is 9.80. The van der Waals surface area contributed by atoms with Crippen molar-refractivity contribution in [1.29, 1.82) is 0 Å². The number of benzene rings is 2. The standard InChI is InChI=1S/C14H12ClNO2/c1-18-14-8-10(2-7-13(14)17)9-16-12-5-3-11(15)4-6-12/h2-9,17H,1H3. The van der Waals surface area contributed by atoms with Gasteiger partial charge in [0, 0.05) is 11.2 Å². The molecule has 18 heavy (non-hydrogen) atoms. The molecular weight excluding hydrogens is 250 g/mol. The number of ether oxygens (including phenoxy) is 1. The van der Waals surface area contributed by atoms with E-state index in [1.165, 1.54) is 7.11 Å². The summed E-state index contributed by atoms with van der Waals surface area (Å²) in [4.78, 5) is 4.30. The van der Waals surface area contributed by atoms with E-state index >= 15 is 0 Å². The van der Waals surface area contributed by atoms with Gasteiger partial charge in [0.1, 0.15) is 0 Å². The lowest BCUT2D eigenvalue weighted by Gasteiger charge is -2.03. The summed E-state index contributed by atoms with van der Waals surface area (Å²) in [7, 11) is 1.51. The van der Waals surface area contributed by atoms with Crippen LogP contribution in [0.25, 0.3) is 0 Å². The fraction of sp³-hybridized carbons (Fsp3) is 0.0714. The lowest BCUT2D eigenvalue weighted by atomic mass is 10.2. The van der Waals surface area contributed by atoms with Crippen molar-refractivity contribution in [3.8, 4) is 11.5 Å². The third-order valence-electron chi connectivity index (χ3n) is 2.39. The molecule has 0 aliphatic rings. The summed E-state index contributed by atoms with van der Waals surface area (Å²) in [6.45, 7) is 0. The highest BCUT2D eigenvalue weighted by atomic mass is 35.5. The molecule has 0 aromatic heterocycles. The molecule has 0 atom stereocenters. The van der Waals surface area contributed by atoms with Gasteiger partial charge in [0.25, 0.3) is 0 Å². The SMILES string of the molecule is COc1cc(C=Nc2ccc(Cl)cc2)ccc1O. The predicted molar refractivity (Wildman–Crippen MR) is 73.4 cm³/mol. The molecule has 1 N–H and O–H groups in total. The van der Waals surface area contributed by atoms with Gasteiger partial charge in [-0.3, -0.25) is 4.99 Å². The van der Waals surface area contributed by atoms with Crippen molar-refractivity contribution < 1.29 is 9.84 Å². The Kier molecular flexibility index (Phi) is 3.85. The number of rotatable bonds is 3. The van der Waals surface area contributed by atoms with Crippen LogP contribution in [0, 0.1) is 0 Å². The molecule has 0 saturated heterocycles. The summed E-state index contributed by atoms with van der Waals surface area (Å²) in [5, 5.41) is 10.1. The fourth-order valence-corrected chi connectivity index (χ4v) is 1.58. The lowest BCUT2D eigenvalue weighted by Crippen LogP contribution is -1.86. The first kappa shape index (κ1) is 12.5. The highest BCUT2D eigenvalue weighted by molar-refractivity contribution is 6.30. The maximum absolute atomic E-state index is 9.47. The van der Waals surface area contributed by atoms with Crippen molar-refractivity contribution in [3.63, 3.8) is 0 Å². The van der Waals surface area contributed by atoms with Crippen LogP contribution in [0.15, 0.2) is 47.5 Å². The predicted octanol–water partition coefficient (Wildman–Crippen LogP) is 3.80. The lowest BCUT2D eigenvalue weighted by molar-refractivity contribution is 0.373. The van der Waals surface area contributed by atoms with Crippen LogP contribution in [-0.4, -0.2) is 18.4 Å². The number of phenolic OH excluding ortho intramolecular Hbond substituents is 1. The minimum atomic E-state index is 0.112. The van der Waals surface area contributed by atoms with Gasteiger partial charge in [-0.15, -0.1) is 0 Å². The molecule has 0 unspecified atom stereocenters. The van der Waals surface area contributed by atoms with Crippen molar-refractivity contribution in [3.05, 3.63) is 53.1 Å². The summed E-state index contributed by atoms with van der Waals surface area (Å²) in [6.07, 6.45) is 1.70. The maximum Gasteiger partial charge on any atom is 0.161 e. The zero-order valence-corrected chi connectivity index (χ0v) is 10.6. The Bertz CT molecular complexity index is 565. The van der Waals surface area contributed by atoms with E-state index in [-0.39, 0.29) is 5.75 Å². The van der Waals surface area contributed by atoms with Crippen molar-refractivity contribution in [2.45, 2.75) is 0 Å². The molecule has 0 spiro atoms. The smallest absolute Gasteiger partial charge is 0.161 e. The number of hydrogen-bond acceptors (Lipinski definition) is 3. The van der Waals surface area contributed by atoms with E-state index in [0.717, 1.165) is 11.3 Å². The molecule has 2 rings (SSSR count). The summed E-state index contributed by atoms with van der Waals surface area (Å²) in [5.74, 6) is 0.538. The molecule has 0 aliphatic heterocycles. The molecule has 0 heterocycles. The van der Waals surface area contributed by atoms with Crippen molar-refractivity contribution >= 4 is 23.5 Å². The van der Waals surface area contributed by atoms with E-state index in [4.69, 9.17) is 16.3 Å². The van der Waals surface area contributed by atoms with Crippen molar-refractivity contribution in [1.82, 2.24) is 0 Å². The summed E-state index contributed by atoms with van der Waals surface area (Å²) in [5.41, 5.74) is 1.66. The first-order chi connectivity index (χ1) is 8.69. The minimum absolute atomic E-state index is 0.112. The topological polar surface area (TPSA) is 41.8 Å². The Hall–Kier alpha value is -2.00. The average molecular weight is 262 g/mol. The fourth-order valence-electron chi connectivity index (χ4n) is 1.45. The van der Waals surface area contributed by atoms with E-state index in [2.05, 4.69) is 4.99 Å². The van der Waals surface area contributed by atoms with Crippen LogP contribution in [0.5, 0.6) is 11.5 Å². The molecule has 0 aliphatic carbocycles. The Morgan fingerprint density at radius 1 is 1.17 bits per heavy atom. The van der Waals surface area contributed by atoms with Crippen LogP contribution in [0.4, 0.5) is 5.69 Å². The average Bonchev–Trinajstić information content (AvgIpc) is 2.39. The van der Waals surface area contributed by atoms with Gasteiger partial charge in [0.2, 0.25) is 0 Å². The highest BCUT2D eigenvalue weighted by Crippen LogP contribution is 2.26. The van der Waals surface area contributed by atoms with Crippen LogP contribution < -0.4 is 4.74 Å². The highest BCUT2D eigenvalue weighted by Gasteiger charge is 2.00. The Balaban J connectivity index is 2.20. The molecular formula is C14H12ClNO2. The second-order valence-corrected chi connectivity index (χ2v) is 4.10. The molecule has 0 fully saturated rings. The van der Waals surface area contributed by atoms with Gasteiger partial charge in [0.15, 0.2) is 11.5 Å². The monoisotopic (exact) mass is 261 g/mol. The second-order valence-electron chi connectivity index (χ2n) is 3.67. The summed E-state index contributed by atoms with van der Waals surface area (Å²) >= 11 is 5.79. The first-order valence-corrected chi connectivity index (χ1v) is 5.73. The molecule has 0 bridgehead atoms. The molecule has 0 saturated carbocycles. The van der Waals surface area contributed by atoms with Crippen LogP contribution in [-0.2, 0) is 0 Å². The van der Waals surface area contributed by atoms with Gasteiger partial charge < -0.3 is 9.84 Å². The molecule has 92 valence electrons. The largest absolute Gasteiger partial charge is 0.504 e. The molecule has 4 heteroatoms. The van der Waals surface area contributed by atoms with E-state index in [1.807, 2.05) is 12.1 Å². The van der Waals surface area contributed by atoms with Gasteiger partial charge in [0.05, 0.1) is 12.8 Å². The molecule has 2 aromatic rings. The van der Waals surface area contributed by atoms with Crippen molar-refractivity contribution in [2.24, 2.45) is 4.99 Å². The van der Waals surface area contributed by atoms with Gasteiger partial charge in [-0.2, -0.15) is 0 Å². The number of methoxy groups -OCH3 is 1. The Morgan fingerprint density at radius 3 is 2.56 bits per heavy atom. The van der Waals surface area contributed by atoms with Gasteiger partial charge in [-0.25, -0.2) is 0 Å². The number of phenols is 1. The molecule has 0 amide bonds. The summed E-state index contributed by atoms with van der Waals surface area (Å²) < 4.78 is 5.02. The third-order valence-corrected chi connectivity index (χ3v) is 2.65. The Morgan fingerprint density at radius 2 is 1.89 bits per heavy atom. The van der Waals surface area contributed by atoms with Crippen LogP contribution in [0.1, 0.15) is 5.56 Å². The third kappa shape index (κ3) is 3.02. The van der Waals surface area contributed by atoms with Crippen LogP contribution in [0.3, 0.4) is 0 Å². The Labute approximate surface area is 110 Å². The van der Waals surface area contributed by atoms with Crippen LogP contribution >= 0.6 is 11.6 Å². The van der Waals surface area contributed by atoms with Crippen LogP contribution in [0.2, 0.25) is 5.02 Å². The number of halogens is 1. The number of hydrogen-bond donors (Lipinski definition) is 1. The molecule has 0 radical (unpaired) electrons. The number of aliphatic imine (C=N–C) groups is 1. The number of nitrogens with zero attached hydrogens (tertiary/aromatic N) is 1. The second kappa shape index (κ2) is 5.56. The zero-order chi connectivity index (χ0) is 13.0. The first-order valence-electron chi connectivity index (χ1n) is 5.35. The quantitative estimate of drug-likeness (QED) is 0.854. The van der Waals surface area contributed by atoms with Crippen molar-refractivity contribution in [2.75, 3.05) is 7.11 Å². The van der Waals surface area contributed by atoms with E-state index < -0.39 is 0 Å². The molecule has 3 nitrogen and oxygen atoms in total. The van der Waals surface area contributed by atoms with E-state index in [9.17, 15) is 5.11 Å². The van der Waals surface area contributed by atoms with Gasteiger partial charge in [-0.1, -0.05) is 11.6 Å². The van der Waals surface area contributed by atoms with E-state index in [0.29, 0.717) is 10.8 Å². The minimum Gasteiger partial charge on any atom is -0.504 e. The van der Waals surface area contributed by atoms with Gasteiger partial charge >= 0.3 is 0 Å².